The van der Waals surface area contributed by atoms with E-state index in [1.807, 2.05) is 7.05 Å². The van der Waals surface area contributed by atoms with Crippen LogP contribution in [-0.4, -0.2) is 37.5 Å². The highest BCUT2D eigenvalue weighted by Crippen LogP contribution is 2.30. The quantitative estimate of drug-likeness (QED) is 0.753. The number of aliphatic hydroxyl groups is 1. The molecule has 1 rings (SSSR count). The van der Waals surface area contributed by atoms with Gasteiger partial charge in [0.05, 0.1) is 25.4 Å². The van der Waals surface area contributed by atoms with Crippen LogP contribution in [0, 0.1) is 17.8 Å². The number of nitrogens with one attached hydrogen (secondary N) is 1. The standard InChI is InChI=1S/C13H27NO2/c1-5-6-9(2)10(3)11-7-16-8-12(14-4)13(11)15/h9-15H,5-8H2,1-4H3/t9?,10-,11?,12-,13-/m1/s1. The summed E-state index contributed by atoms with van der Waals surface area (Å²) in [6.45, 7) is 8.07. The summed E-state index contributed by atoms with van der Waals surface area (Å²) in [4.78, 5) is 0. The van der Waals surface area contributed by atoms with Crippen LogP contribution in [0.2, 0.25) is 0 Å². The van der Waals surface area contributed by atoms with E-state index < -0.39 is 0 Å². The summed E-state index contributed by atoms with van der Waals surface area (Å²) in [6.07, 6.45) is 2.17. The molecule has 16 heavy (non-hydrogen) atoms. The van der Waals surface area contributed by atoms with Gasteiger partial charge in [0.15, 0.2) is 0 Å². The van der Waals surface area contributed by atoms with Crippen molar-refractivity contribution < 1.29 is 9.84 Å². The minimum Gasteiger partial charge on any atom is -0.391 e. The number of rotatable bonds is 5. The second-order valence-corrected chi connectivity index (χ2v) is 5.21. The fraction of sp³-hybridized carbons (Fsp3) is 1.00. The van der Waals surface area contributed by atoms with Crippen molar-refractivity contribution in [3.63, 3.8) is 0 Å². The molecule has 5 atom stereocenters. The Kier molecular flexibility index (Phi) is 5.73. The van der Waals surface area contributed by atoms with Crippen LogP contribution in [0.5, 0.6) is 0 Å². The third kappa shape index (κ3) is 3.19. The van der Waals surface area contributed by atoms with Crippen LogP contribution in [0.15, 0.2) is 0 Å². The van der Waals surface area contributed by atoms with Gasteiger partial charge in [0.1, 0.15) is 0 Å². The van der Waals surface area contributed by atoms with E-state index in [1.165, 1.54) is 12.8 Å². The fourth-order valence-electron chi connectivity index (χ4n) is 2.68. The van der Waals surface area contributed by atoms with Crippen LogP contribution in [-0.2, 0) is 4.74 Å². The first-order chi connectivity index (χ1) is 7.61. The smallest absolute Gasteiger partial charge is 0.0768 e. The highest BCUT2D eigenvalue weighted by atomic mass is 16.5. The van der Waals surface area contributed by atoms with Gasteiger partial charge in [0.2, 0.25) is 0 Å². The van der Waals surface area contributed by atoms with Gasteiger partial charge in [0, 0.05) is 5.92 Å². The van der Waals surface area contributed by atoms with Crippen molar-refractivity contribution in [3.8, 4) is 0 Å². The minimum atomic E-state index is -0.270. The summed E-state index contributed by atoms with van der Waals surface area (Å²) in [6, 6.07) is 0.0926. The lowest BCUT2D eigenvalue weighted by atomic mass is 9.77. The van der Waals surface area contributed by atoms with Crippen LogP contribution in [0.25, 0.3) is 0 Å². The number of aliphatic hydroxyl groups excluding tert-OH is 1. The predicted octanol–water partition coefficient (Wildman–Crippen LogP) is 1.65. The third-order valence-electron chi connectivity index (χ3n) is 4.15. The molecule has 96 valence electrons. The molecule has 3 heteroatoms. The normalized spacial score (nSPS) is 34.7. The molecule has 0 aromatic heterocycles. The maximum atomic E-state index is 10.3. The van der Waals surface area contributed by atoms with Gasteiger partial charge in [-0.3, -0.25) is 0 Å². The lowest BCUT2D eigenvalue weighted by Gasteiger charge is -2.39. The van der Waals surface area contributed by atoms with Gasteiger partial charge in [-0.2, -0.15) is 0 Å². The van der Waals surface area contributed by atoms with E-state index in [0.717, 1.165) is 0 Å². The maximum absolute atomic E-state index is 10.3. The van der Waals surface area contributed by atoms with Crippen molar-refractivity contribution in [2.24, 2.45) is 17.8 Å². The molecule has 1 fully saturated rings. The van der Waals surface area contributed by atoms with Gasteiger partial charge in [-0.1, -0.05) is 33.6 Å². The molecule has 3 nitrogen and oxygen atoms in total. The second kappa shape index (κ2) is 6.58. The molecule has 1 saturated heterocycles. The van der Waals surface area contributed by atoms with Crippen LogP contribution in [0.1, 0.15) is 33.6 Å². The van der Waals surface area contributed by atoms with Crippen molar-refractivity contribution in [3.05, 3.63) is 0 Å². The average Bonchev–Trinajstić information content (AvgIpc) is 2.29. The summed E-state index contributed by atoms with van der Waals surface area (Å²) >= 11 is 0. The first-order valence-electron chi connectivity index (χ1n) is 6.54. The Labute approximate surface area is 99.6 Å². The molecule has 1 aliphatic rings. The van der Waals surface area contributed by atoms with Gasteiger partial charge in [-0.05, 0) is 18.9 Å². The molecule has 2 N–H and O–H groups in total. The monoisotopic (exact) mass is 229 g/mol. The topological polar surface area (TPSA) is 41.5 Å². The van der Waals surface area contributed by atoms with Crippen LogP contribution in [0.3, 0.4) is 0 Å². The number of likely N-dealkylation sites (N-methyl/N-ethyl adjacent to an activating group) is 1. The second-order valence-electron chi connectivity index (χ2n) is 5.21. The van der Waals surface area contributed by atoms with E-state index in [9.17, 15) is 5.11 Å². The number of hydrogen-bond acceptors (Lipinski definition) is 3. The van der Waals surface area contributed by atoms with Crippen molar-refractivity contribution in [1.29, 1.82) is 0 Å². The van der Waals surface area contributed by atoms with E-state index in [0.29, 0.717) is 25.0 Å². The van der Waals surface area contributed by atoms with Gasteiger partial charge >= 0.3 is 0 Å². The van der Waals surface area contributed by atoms with Gasteiger partial charge in [-0.25, -0.2) is 0 Å². The zero-order valence-corrected chi connectivity index (χ0v) is 11.1. The highest BCUT2D eigenvalue weighted by molar-refractivity contribution is 4.88. The summed E-state index contributed by atoms with van der Waals surface area (Å²) in [5, 5.41) is 13.4. The van der Waals surface area contributed by atoms with Crippen molar-refractivity contribution in [2.75, 3.05) is 20.3 Å². The zero-order valence-electron chi connectivity index (χ0n) is 11.1. The van der Waals surface area contributed by atoms with Crippen molar-refractivity contribution in [1.82, 2.24) is 5.32 Å². The molecule has 0 aromatic carbocycles. The van der Waals surface area contributed by atoms with Crippen LogP contribution < -0.4 is 5.32 Å². The number of ether oxygens (including phenoxy) is 1. The summed E-state index contributed by atoms with van der Waals surface area (Å²) in [5.74, 6) is 1.45. The predicted molar refractivity (Wildman–Crippen MR) is 66.4 cm³/mol. The van der Waals surface area contributed by atoms with E-state index >= 15 is 0 Å². The van der Waals surface area contributed by atoms with Crippen molar-refractivity contribution in [2.45, 2.75) is 45.8 Å². The first-order valence-corrected chi connectivity index (χ1v) is 6.54. The Bertz CT molecular complexity index is 198. The maximum Gasteiger partial charge on any atom is 0.0768 e. The molecular formula is C13H27NO2. The fourth-order valence-corrected chi connectivity index (χ4v) is 2.68. The molecule has 0 saturated carbocycles. The SMILES string of the molecule is CCCC(C)[C@@H](C)C1COC[C@@H](NC)[C@@H]1O. The van der Waals surface area contributed by atoms with Gasteiger partial charge < -0.3 is 15.2 Å². The summed E-state index contributed by atoms with van der Waals surface area (Å²) < 4.78 is 5.58. The van der Waals surface area contributed by atoms with E-state index in [-0.39, 0.29) is 18.1 Å². The molecule has 1 heterocycles. The zero-order chi connectivity index (χ0) is 12.1. The van der Waals surface area contributed by atoms with E-state index in [4.69, 9.17) is 4.74 Å². The molecule has 0 bridgehead atoms. The Hall–Kier alpha value is -0.120. The lowest BCUT2D eigenvalue weighted by Crippen LogP contribution is -2.53. The Morgan fingerprint density at radius 1 is 1.38 bits per heavy atom. The molecule has 0 aromatic rings. The third-order valence-corrected chi connectivity index (χ3v) is 4.15. The largest absolute Gasteiger partial charge is 0.391 e. The van der Waals surface area contributed by atoms with Crippen molar-refractivity contribution >= 4 is 0 Å². The molecule has 0 spiro atoms. The molecule has 2 unspecified atom stereocenters. The van der Waals surface area contributed by atoms with Crippen LogP contribution >= 0.6 is 0 Å². The Morgan fingerprint density at radius 3 is 2.62 bits per heavy atom. The molecule has 0 amide bonds. The summed E-state index contributed by atoms with van der Waals surface area (Å²) in [7, 11) is 1.89. The Morgan fingerprint density at radius 2 is 2.06 bits per heavy atom. The van der Waals surface area contributed by atoms with E-state index in [2.05, 4.69) is 26.1 Å². The van der Waals surface area contributed by atoms with Gasteiger partial charge in [0.25, 0.3) is 0 Å². The highest BCUT2D eigenvalue weighted by Gasteiger charge is 2.36. The molecule has 0 radical (unpaired) electrons. The molecular weight excluding hydrogens is 202 g/mol. The Balaban J connectivity index is 2.56. The average molecular weight is 229 g/mol. The minimum absolute atomic E-state index is 0.0926. The van der Waals surface area contributed by atoms with E-state index in [1.54, 1.807) is 0 Å². The van der Waals surface area contributed by atoms with Crippen LogP contribution in [0.4, 0.5) is 0 Å². The molecule has 1 aliphatic heterocycles. The number of hydrogen-bond donors (Lipinski definition) is 2. The first kappa shape index (κ1) is 13.9. The lowest BCUT2D eigenvalue weighted by molar-refractivity contribution is -0.0839. The molecule has 0 aliphatic carbocycles. The summed E-state index contributed by atoms with van der Waals surface area (Å²) in [5.41, 5.74) is 0. The van der Waals surface area contributed by atoms with Gasteiger partial charge in [-0.15, -0.1) is 0 Å².